The molecule has 0 amide bonds. The zero-order valence-corrected chi connectivity index (χ0v) is 16.1. The van der Waals surface area contributed by atoms with Gasteiger partial charge < -0.3 is 0 Å². The first kappa shape index (κ1) is 18.5. The summed E-state index contributed by atoms with van der Waals surface area (Å²) in [6, 6.07) is 11.2. The third-order valence-electron chi connectivity index (χ3n) is 4.08. The van der Waals surface area contributed by atoms with E-state index >= 15 is 0 Å². The lowest BCUT2D eigenvalue weighted by Gasteiger charge is -2.12. The molecule has 5 nitrogen and oxygen atoms in total. The van der Waals surface area contributed by atoms with Gasteiger partial charge in [0.05, 0.1) is 5.69 Å². The molecule has 1 N–H and O–H groups in total. The van der Waals surface area contributed by atoms with Crippen LogP contribution in [0.2, 0.25) is 0 Å². The Hall–Kier alpha value is -2.91. The van der Waals surface area contributed by atoms with Crippen LogP contribution in [0.5, 0.6) is 0 Å². The zero-order valence-electron chi connectivity index (χ0n) is 14.5. The third-order valence-corrected chi connectivity index (χ3v) is 6.51. The zero-order chi connectivity index (χ0) is 19.9. The van der Waals surface area contributed by atoms with Gasteiger partial charge in [0.2, 0.25) is 0 Å². The van der Waals surface area contributed by atoms with Gasteiger partial charge in [0.15, 0.2) is 0 Å². The van der Waals surface area contributed by atoms with Crippen molar-refractivity contribution in [2.45, 2.75) is 11.8 Å². The summed E-state index contributed by atoms with van der Waals surface area (Å²) in [5, 5.41) is 0.683. The number of benzene rings is 2. The predicted molar refractivity (Wildman–Crippen MR) is 105 cm³/mol. The summed E-state index contributed by atoms with van der Waals surface area (Å²) in [5.74, 6) is -2.00. The second-order valence-electron chi connectivity index (χ2n) is 6.06. The van der Waals surface area contributed by atoms with E-state index in [-0.39, 0.29) is 5.69 Å². The number of pyridine rings is 1. The van der Waals surface area contributed by atoms with Crippen LogP contribution in [0.3, 0.4) is 0 Å². The number of rotatable bonds is 4. The molecule has 2 aromatic heterocycles. The number of nitrogens with one attached hydrogen (secondary N) is 1. The van der Waals surface area contributed by atoms with Crippen LogP contribution in [0.15, 0.2) is 59.6 Å². The summed E-state index contributed by atoms with van der Waals surface area (Å²) in [5.41, 5.74) is 2.38. The van der Waals surface area contributed by atoms with Crippen LogP contribution in [-0.4, -0.2) is 18.4 Å². The van der Waals surface area contributed by atoms with E-state index in [1.807, 2.05) is 12.1 Å². The molecule has 4 aromatic rings. The monoisotopic (exact) mass is 417 g/mol. The summed E-state index contributed by atoms with van der Waals surface area (Å²) in [7, 11) is -4.23. The lowest BCUT2D eigenvalue weighted by atomic mass is 10.1. The molecule has 0 radical (unpaired) electrons. The van der Waals surface area contributed by atoms with Crippen molar-refractivity contribution < 1.29 is 17.2 Å². The summed E-state index contributed by atoms with van der Waals surface area (Å²) in [6.45, 7) is 1.72. The van der Waals surface area contributed by atoms with Gasteiger partial charge in [-0.1, -0.05) is 23.5 Å². The maximum atomic E-state index is 13.9. The Labute approximate surface area is 163 Å². The van der Waals surface area contributed by atoms with E-state index in [4.69, 9.17) is 0 Å². The van der Waals surface area contributed by atoms with Crippen molar-refractivity contribution in [1.82, 2.24) is 9.97 Å². The Balaban J connectivity index is 1.73. The quantitative estimate of drug-likeness (QED) is 0.520. The largest absolute Gasteiger partial charge is 0.279 e. The van der Waals surface area contributed by atoms with Gasteiger partial charge in [-0.15, -0.1) is 0 Å². The number of hydrogen-bond donors (Lipinski definition) is 1. The molecule has 0 bridgehead atoms. The summed E-state index contributed by atoms with van der Waals surface area (Å²) < 4.78 is 54.6. The molecule has 0 aliphatic carbocycles. The minimum absolute atomic E-state index is 0.286. The minimum Gasteiger partial charge on any atom is -0.279 e. The van der Waals surface area contributed by atoms with Crippen LogP contribution in [0.1, 0.15) is 5.56 Å². The first-order chi connectivity index (χ1) is 13.3. The molecule has 0 saturated carbocycles. The van der Waals surface area contributed by atoms with Crippen LogP contribution in [0, 0.1) is 18.6 Å². The summed E-state index contributed by atoms with van der Waals surface area (Å²) in [4.78, 5) is 8.91. The number of hydrogen-bond acceptors (Lipinski definition) is 5. The Kier molecular flexibility index (Phi) is 4.56. The molecule has 0 unspecified atom stereocenters. The highest BCUT2D eigenvalue weighted by atomic mass is 32.2. The van der Waals surface area contributed by atoms with Crippen molar-refractivity contribution in [3.8, 4) is 10.6 Å². The molecule has 0 aliphatic rings. The molecule has 9 heteroatoms. The van der Waals surface area contributed by atoms with E-state index in [1.165, 1.54) is 11.3 Å². The second-order valence-corrected chi connectivity index (χ2v) is 8.68. The van der Waals surface area contributed by atoms with Crippen LogP contribution in [0.4, 0.5) is 14.5 Å². The number of fused-ring (bicyclic) bond motifs is 1. The van der Waals surface area contributed by atoms with E-state index in [2.05, 4.69) is 14.7 Å². The van der Waals surface area contributed by atoms with Crippen molar-refractivity contribution >= 4 is 37.4 Å². The van der Waals surface area contributed by atoms with Gasteiger partial charge in [-0.05, 0) is 42.8 Å². The molecular weight excluding hydrogens is 404 g/mol. The molecule has 0 fully saturated rings. The fourth-order valence-electron chi connectivity index (χ4n) is 2.65. The lowest BCUT2D eigenvalue weighted by molar-refractivity contribution is 0.551. The Morgan fingerprint density at radius 1 is 1.07 bits per heavy atom. The van der Waals surface area contributed by atoms with Crippen LogP contribution < -0.4 is 4.72 Å². The highest BCUT2D eigenvalue weighted by molar-refractivity contribution is 7.92. The fourth-order valence-corrected chi connectivity index (χ4v) is 4.74. The number of aryl methyl sites for hydroxylation is 1. The molecule has 4 rings (SSSR count). The van der Waals surface area contributed by atoms with Crippen molar-refractivity contribution in [2.24, 2.45) is 0 Å². The normalized spacial score (nSPS) is 11.7. The number of aromatic nitrogens is 2. The predicted octanol–water partition coefficient (Wildman–Crippen LogP) is 4.75. The summed E-state index contributed by atoms with van der Waals surface area (Å²) >= 11 is 1.38. The topological polar surface area (TPSA) is 72.0 Å². The Morgan fingerprint density at radius 3 is 2.64 bits per heavy atom. The van der Waals surface area contributed by atoms with E-state index in [9.17, 15) is 17.2 Å². The molecule has 142 valence electrons. The van der Waals surface area contributed by atoms with Crippen LogP contribution >= 0.6 is 11.3 Å². The molecule has 0 spiro atoms. The Morgan fingerprint density at radius 2 is 1.89 bits per heavy atom. The highest BCUT2D eigenvalue weighted by Gasteiger charge is 2.21. The first-order valence-electron chi connectivity index (χ1n) is 8.14. The van der Waals surface area contributed by atoms with Crippen molar-refractivity contribution in [3.63, 3.8) is 0 Å². The van der Waals surface area contributed by atoms with Crippen molar-refractivity contribution in [2.75, 3.05) is 4.72 Å². The molecule has 0 atom stereocenters. The highest BCUT2D eigenvalue weighted by Crippen LogP contribution is 2.32. The van der Waals surface area contributed by atoms with E-state index in [1.54, 1.807) is 31.3 Å². The van der Waals surface area contributed by atoms with Gasteiger partial charge in [-0.3, -0.25) is 4.72 Å². The maximum absolute atomic E-state index is 13.9. The standard InChI is InChI=1S/C19H13F2N3O2S2/c1-11-4-5-12(18-23-15-3-2-8-22-19(15)27-18)9-16(11)24-28(25,26)17-7-6-13(20)10-14(17)21/h2-10,24H,1H3. The Bertz CT molecular complexity index is 1270. The number of anilines is 1. The van der Waals surface area contributed by atoms with Gasteiger partial charge >= 0.3 is 0 Å². The lowest BCUT2D eigenvalue weighted by Crippen LogP contribution is -2.15. The number of sulfonamides is 1. The van der Waals surface area contributed by atoms with Gasteiger partial charge in [0, 0.05) is 17.8 Å². The van der Waals surface area contributed by atoms with Gasteiger partial charge in [0.1, 0.15) is 31.9 Å². The average molecular weight is 417 g/mol. The maximum Gasteiger partial charge on any atom is 0.264 e. The number of halogens is 2. The number of nitrogens with zero attached hydrogens (tertiary/aromatic N) is 2. The SMILES string of the molecule is Cc1ccc(-c2nc3cccnc3s2)cc1NS(=O)(=O)c1ccc(F)cc1F. The summed E-state index contributed by atoms with van der Waals surface area (Å²) in [6.07, 6.45) is 1.68. The van der Waals surface area contributed by atoms with Gasteiger partial charge in [0.25, 0.3) is 10.0 Å². The first-order valence-corrected chi connectivity index (χ1v) is 10.4. The van der Waals surface area contributed by atoms with Gasteiger partial charge in [-0.25, -0.2) is 27.2 Å². The van der Waals surface area contributed by atoms with Crippen LogP contribution in [-0.2, 0) is 10.0 Å². The van der Waals surface area contributed by atoms with E-state index in [0.29, 0.717) is 22.2 Å². The molecular formula is C19H13F2N3O2S2. The third kappa shape index (κ3) is 3.46. The molecule has 28 heavy (non-hydrogen) atoms. The molecule has 2 aromatic carbocycles. The van der Waals surface area contributed by atoms with E-state index < -0.39 is 26.6 Å². The second kappa shape index (κ2) is 6.92. The van der Waals surface area contributed by atoms with Crippen molar-refractivity contribution in [1.29, 1.82) is 0 Å². The van der Waals surface area contributed by atoms with Gasteiger partial charge in [-0.2, -0.15) is 0 Å². The molecule has 2 heterocycles. The minimum atomic E-state index is -4.23. The molecule has 0 aliphatic heterocycles. The molecule has 0 saturated heterocycles. The van der Waals surface area contributed by atoms with Crippen LogP contribution in [0.25, 0.3) is 20.9 Å². The van der Waals surface area contributed by atoms with Crippen molar-refractivity contribution in [3.05, 3.63) is 71.9 Å². The number of thiazole rings is 1. The average Bonchev–Trinajstić information content (AvgIpc) is 3.07. The smallest absolute Gasteiger partial charge is 0.264 e. The fraction of sp³-hybridized carbons (Fsp3) is 0.0526. The van der Waals surface area contributed by atoms with E-state index in [0.717, 1.165) is 22.5 Å².